The van der Waals surface area contributed by atoms with Gasteiger partial charge in [-0.3, -0.25) is 9.59 Å². The van der Waals surface area contributed by atoms with Gasteiger partial charge in [0.1, 0.15) is 0 Å². The number of amides is 2. The van der Waals surface area contributed by atoms with E-state index in [0.717, 1.165) is 38.8 Å². The summed E-state index contributed by atoms with van der Waals surface area (Å²) in [5.41, 5.74) is 0.820. The van der Waals surface area contributed by atoms with Gasteiger partial charge in [0.15, 0.2) is 0 Å². The molecule has 6 heteroatoms. The molecule has 0 atom stereocenters. The highest BCUT2D eigenvalue weighted by atomic mass is 16.5. The van der Waals surface area contributed by atoms with Crippen molar-refractivity contribution in [2.45, 2.75) is 38.5 Å². The number of carbonyl (C=O) groups is 3. The fourth-order valence-electron chi connectivity index (χ4n) is 3.91. The Morgan fingerprint density at radius 1 is 1.00 bits per heavy atom. The van der Waals surface area contributed by atoms with Crippen LogP contribution in [0.1, 0.15) is 48.9 Å². The van der Waals surface area contributed by atoms with Crippen LogP contribution in [0.3, 0.4) is 0 Å². The molecule has 6 nitrogen and oxygen atoms in total. The van der Waals surface area contributed by atoms with Gasteiger partial charge < -0.3 is 15.0 Å². The molecule has 1 saturated carbocycles. The molecule has 140 valence electrons. The van der Waals surface area contributed by atoms with E-state index in [9.17, 15) is 14.4 Å². The van der Waals surface area contributed by atoms with Gasteiger partial charge in [-0.1, -0.05) is 12.1 Å². The van der Waals surface area contributed by atoms with Gasteiger partial charge in [-0.2, -0.15) is 0 Å². The average Bonchev–Trinajstić information content (AvgIpc) is 3.22. The minimum absolute atomic E-state index is 0.0551. The Labute approximate surface area is 153 Å². The van der Waals surface area contributed by atoms with Crippen LogP contribution in [0.5, 0.6) is 0 Å². The number of rotatable bonds is 4. The SMILES string of the molecule is COC(=O)c1ccccc1NC(=O)C1CCC(C(=O)N2CCCC2)CC1. The summed E-state index contributed by atoms with van der Waals surface area (Å²) in [5.74, 6) is -0.366. The predicted octanol–water partition coefficient (Wildman–Crippen LogP) is 2.84. The van der Waals surface area contributed by atoms with Crippen LogP contribution in [0.2, 0.25) is 0 Å². The van der Waals surface area contributed by atoms with E-state index in [0.29, 0.717) is 24.1 Å². The molecule has 2 amide bonds. The topological polar surface area (TPSA) is 75.7 Å². The second-order valence-electron chi connectivity index (χ2n) is 7.11. The van der Waals surface area contributed by atoms with E-state index < -0.39 is 5.97 Å². The standard InChI is InChI=1S/C20H26N2O4/c1-26-20(25)16-6-2-3-7-17(16)21-18(23)14-8-10-15(11-9-14)19(24)22-12-4-5-13-22/h2-3,6-7,14-15H,4-5,8-13H2,1H3,(H,21,23). The highest BCUT2D eigenvalue weighted by molar-refractivity contribution is 6.01. The summed E-state index contributed by atoms with van der Waals surface area (Å²) in [6.07, 6.45) is 5.12. The summed E-state index contributed by atoms with van der Waals surface area (Å²) in [4.78, 5) is 38.9. The van der Waals surface area contributed by atoms with Gasteiger partial charge in [0.25, 0.3) is 0 Å². The van der Waals surface area contributed by atoms with E-state index in [4.69, 9.17) is 4.74 Å². The molecule has 1 aromatic carbocycles. The number of ether oxygens (including phenoxy) is 1. The van der Waals surface area contributed by atoms with Gasteiger partial charge in [-0.25, -0.2) is 4.79 Å². The molecule has 1 saturated heterocycles. The summed E-state index contributed by atoms with van der Waals surface area (Å²) >= 11 is 0. The molecule has 3 rings (SSSR count). The predicted molar refractivity (Wildman–Crippen MR) is 97.7 cm³/mol. The second kappa shape index (κ2) is 8.34. The van der Waals surface area contributed by atoms with Crippen LogP contribution < -0.4 is 5.32 Å². The van der Waals surface area contributed by atoms with Crippen LogP contribution in [-0.2, 0) is 14.3 Å². The van der Waals surface area contributed by atoms with Crippen molar-refractivity contribution in [2.24, 2.45) is 11.8 Å². The van der Waals surface area contributed by atoms with E-state index in [1.54, 1.807) is 24.3 Å². The molecule has 1 heterocycles. The number of nitrogens with zero attached hydrogens (tertiary/aromatic N) is 1. The lowest BCUT2D eigenvalue weighted by Gasteiger charge is -2.30. The van der Waals surface area contributed by atoms with Crippen molar-refractivity contribution in [2.75, 3.05) is 25.5 Å². The monoisotopic (exact) mass is 358 g/mol. The first-order valence-corrected chi connectivity index (χ1v) is 9.37. The quantitative estimate of drug-likeness (QED) is 0.840. The summed E-state index contributed by atoms with van der Waals surface area (Å²) in [6, 6.07) is 6.84. The van der Waals surface area contributed by atoms with E-state index in [2.05, 4.69) is 5.32 Å². The van der Waals surface area contributed by atoms with Crippen molar-refractivity contribution in [1.29, 1.82) is 0 Å². The smallest absolute Gasteiger partial charge is 0.339 e. The van der Waals surface area contributed by atoms with Crippen LogP contribution in [0, 0.1) is 11.8 Å². The highest BCUT2D eigenvalue weighted by Gasteiger charge is 2.33. The van der Waals surface area contributed by atoms with Gasteiger partial charge in [0, 0.05) is 24.9 Å². The van der Waals surface area contributed by atoms with Gasteiger partial charge in [-0.15, -0.1) is 0 Å². The summed E-state index contributed by atoms with van der Waals surface area (Å²) < 4.78 is 4.76. The molecule has 0 bridgehead atoms. The van der Waals surface area contributed by atoms with E-state index in [-0.39, 0.29) is 23.7 Å². The Morgan fingerprint density at radius 2 is 1.62 bits per heavy atom. The van der Waals surface area contributed by atoms with E-state index >= 15 is 0 Å². The van der Waals surface area contributed by atoms with Crippen molar-refractivity contribution in [3.63, 3.8) is 0 Å². The minimum Gasteiger partial charge on any atom is -0.465 e. The number of para-hydroxylation sites is 1. The zero-order valence-electron chi connectivity index (χ0n) is 15.2. The molecule has 1 aliphatic carbocycles. The first-order valence-electron chi connectivity index (χ1n) is 9.37. The normalized spacial score (nSPS) is 22.7. The number of hydrogen-bond acceptors (Lipinski definition) is 4. The molecular formula is C20H26N2O4. The highest BCUT2D eigenvalue weighted by Crippen LogP contribution is 2.32. The van der Waals surface area contributed by atoms with Crippen molar-refractivity contribution in [3.05, 3.63) is 29.8 Å². The third-order valence-electron chi connectivity index (χ3n) is 5.46. The lowest BCUT2D eigenvalue weighted by atomic mass is 9.81. The average molecular weight is 358 g/mol. The number of likely N-dealkylation sites (tertiary alicyclic amines) is 1. The molecule has 0 radical (unpaired) electrons. The van der Waals surface area contributed by atoms with Gasteiger partial charge in [0.2, 0.25) is 11.8 Å². The number of nitrogens with one attached hydrogen (secondary N) is 1. The van der Waals surface area contributed by atoms with Gasteiger partial charge in [0.05, 0.1) is 18.4 Å². The maximum Gasteiger partial charge on any atom is 0.339 e. The van der Waals surface area contributed by atoms with Crippen LogP contribution in [0.15, 0.2) is 24.3 Å². The number of hydrogen-bond donors (Lipinski definition) is 1. The van der Waals surface area contributed by atoms with Gasteiger partial charge in [-0.05, 0) is 50.7 Å². The van der Waals surface area contributed by atoms with Crippen LogP contribution in [-0.4, -0.2) is 42.9 Å². The molecule has 2 fully saturated rings. The minimum atomic E-state index is -0.471. The van der Waals surface area contributed by atoms with Gasteiger partial charge >= 0.3 is 5.97 Å². The van der Waals surface area contributed by atoms with Crippen LogP contribution in [0.25, 0.3) is 0 Å². The van der Waals surface area contributed by atoms with E-state index in [1.165, 1.54) is 7.11 Å². The molecule has 1 N–H and O–H groups in total. The van der Waals surface area contributed by atoms with Crippen LogP contribution in [0.4, 0.5) is 5.69 Å². The molecule has 0 spiro atoms. The summed E-state index contributed by atoms with van der Waals surface area (Å²) in [5, 5.41) is 2.86. The molecular weight excluding hydrogens is 332 g/mol. The third-order valence-corrected chi connectivity index (χ3v) is 5.46. The molecule has 1 aromatic rings. The Bertz CT molecular complexity index is 674. The zero-order chi connectivity index (χ0) is 18.5. The first kappa shape index (κ1) is 18.4. The second-order valence-corrected chi connectivity index (χ2v) is 7.11. The number of anilines is 1. The molecule has 1 aliphatic heterocycles. The number of benzene rings is 1. The van der Waals surface area contributed by atoms with Crippen molar-refractivity contribution >= 4 is 23.5 Å². The molecule has 2 aliphatic rings. The molecule has 0 aromatic heterocycles. The lowest BCUT2D eigenvalue weighted by molar-refractivity contribution is -0.136. The number of methoxy groups -OCH3 is 1. The number of esters is 1. The Hall–Kier alpha value is -2.37. The first-order chi connectivity index (χ1) is 12.6. The fourth-order valence-corrected chi connectivity index (χ4v) is 3.91. The molecule has 0 unspecified atom stereocenters. The van der Waals surface area contributed by atoms with Crippen LogP contribution >= 0.6 is 0 Å². The zero-order valence-corrected chi connectivity index (χ0v) is 15.2. The van der Waals surface area contributed by atoms with Crippen molar-refractivity contribution in [3.8, 4) is 0 Å². The molecule has 26 heavy (non-hydrogen) atoms. The largest absolute Gasteiger partial charge is 0.465 e. The third kappa shape index (κ3) is 4.06. The Morgan fingerprint density at radius 3 is 2.27 bits per heavy atom. The Balaban J connectivity index is 1.56. The summed E-state index contributed by atoms with van der Waals surface area (Å²) in [6.45, 7) is 1.76. The Kier molecular flexibility index (Phi) is 5.91. The summed E-state index contributed by atoms with van der Waals surface area (Å²) in [7, 11) is 1.32. The number of carbonyl (C=O) groups excluding carboxylic acids is 3. The lowest BCUT2D eigenvalue weighted by Crippen LogP contribution is -2.37. The fraction of sp³-hybridized carbons (Fsp3) is 0.550. The maximum absolute atomic E-state index is 12.6. The van der Waals surface area contributed by atoms with E-state index in [1.807, 2.05) is 4.90 Å². The van der Waals surface area contributed by atoms with Crippen molar-refractivity contribution < 1.29 is 19.1 Å². The van der Waals surface area contributed by atoms with Crippen molar-refractivity contribution in [1.82, 2.24) is 4.90 Å². The maximum atomic E-state index is 12.6.